The molecule has 0 unspecified atom stereocenters. The fourth-order valence-electron chi connectivity index (χ4n) is 4.27. The highest BCUT2D eigenvalue weighted by atomic mass is 16.7. The highest BCUT2D eigenvalue weighted by molar-refractivity contribution is 5.62. The molecule has 4 heteroatoms. The number of hydrogen-bond acceptors (Lipinski definition) is 4. The van der Waals surface area contributed by atoms with Crippen LogP contribution in [0, 0.1) is 5.92 Å². The van der Waals surface area contributed by atoms with Crippen molar-refractivity contribution in [2.45, 2.75) is 25.3 Å². The van der Waals surface area contributed by atoms with Gasteiger partial charge in [0.1, 0.15) is 5.75 Å². The predicted molar refractivity (Wildman–Crippen MR) is 96.5 cm³/mol. The molecule has 4 nitrogen and oxygen atoms in total. The molecule has 0 spiro atoms. The first-order chi connectivity index (χ1) is 12.3. The van der Waals surface area contributed by atoms with Crippen LogP contribution in [0.4, 0.5) is 5.69 Å². The van der Waals surface area contributed by atoms with Gasteiger partial charge in [-0.3, -0.25) is 0 Å². The molecule has 0 radical (unpaired) electrons. The van der Waals surface area contributed by atoms with E-state index in [1.165, 1.54) is 16.8 Å². The molecule has 5 rings (SSSR count). The Morgan fingerprint density at radius 3 is 2.96 bits per heavy atom. The molecule has 128 valence electrons. The van der Waals surface area contributed by atoms with Gasteiger partial charge in [0.15, 0.2) is 11.5 Å². The zero-order chi connectivity index (χ0) is 16.8. The zero-order valence-electron chi connectivity index (χ0n) is 14.2. The molecule has 1 N–H and O–H groups in total. The van der Waals surface area contributed by atoms with E-state index in [0.717, 1.165) is 23.7 Å². The van der Waals surface area contributed by atoms with Gasteiger partial charge in [0, 0.05) is 11.6 Å². The Labute approximate surface area is 147 Å². The summed E-state index contributed by atoms with van der Waals surface area (Å²) in [5.41, 5.74) is 3.78. The summed E-state index contributed by atoms with van der Waals surface area (Å²) in [7, 11) is 0. The second kappa shape index (κ2) is 5.73. The number of nitrogens with one attached hydrogen (secondary N) is 1. The maximum absolute atomic E-state index is 5.70. The van der Waals surface area contributed by atoms with Crippen molar-refractivity contribution in [3.8, 4) is 17.2 Å². The van der Waals surface area contributed by atoms with Gasteiger partial charge in [0.25, 0.3) is 0 Å². The van der Waals surface area contributed by atoms with Crippen molar-refractivity contribution in [1.82, 2.24) is 0 Å². The van der Waals surface area contributed by atoms with Crippen LogP contribution in [0.15, 0.2) is 48.6 Å². The smallest absolute Gasteiger partial charge is 0.231 e. The molecule has 3 atom stereocenters. The molecule has 2 aliphatic heterocycles. The predicted octanol–water partition coefficient (Wildman–Crippen LogP) is 4.64. The van der Waals surface area contributed by atoms with E-state index in [-0.39, 0.29) is 6.04 Å². The van der Waals surface area contributed by atoms with Crippen LogP contribution in [0.25, 0.3) is 0 Å². The van der Waals surface area contributed by atoms with Gasteiger partial charge in [-0.05, 0) is 60.7 Å². The second-order valence-corrected chi connectivity index (χ2v) is 6.77. The van der Waals surface area contributed by atoms with Gasteiger partial charge < -0.3 is 19.5 Å². The van der Waals surface area contributed by atoms with Crippen LogP contribution in [-0.2, 0) is 0 Å². The van der Waals surface area contributed by atoms with Crippen molar-refractivity contribution in [3.05, 3.63) is 59.7 Å². The summed E-state index contributed by atoms with van der Waals surface area (Å²) >= 11 is 0. The van der Waals surface area contributed by atoms with E-state index >= 15 is 0 Å². The van der Waals surface area contributed by atoms with Gasteiger partial charge in [-0.1, -0.05) is 18.2 Å². The van der Waals surface area contributed by atoms with E-state index in [0.29, 0.717) is 25.2 Å². The topological polar surface area (TPSA) is 39.7 Å². The van der Waals surface area contributed by atoms with E-state index in [9.17, 15) is 0 Å². The summed E-state index contributed by atoms with van der Waals surface area (Å²) in [5.74, 6) is 3.56. The largest absolute Gasteiger partial charge is 0.494 e. The Morgan fingerprint density at radius 1 is 1.12 bits per heavy atom. The summed E-state index contributed by atoms with van der Waals surface area (Å²) in [5, 5.41) is 3.75. The third-order valence-electron chi connectivity index (χ3n) is 5.40. The lowest BCUT2D eigenvalue weighted by molar-refractivity contribution is 0.174. The lowest BCUT2D eigenvalue weighted by Crippen LogP contribution is -2.29. The fraction of sp³-hybridized carbons (Fsp3) is 0.333. The van der Waals surface area contributed by atoms with Crippen LogP contribution in [-0.4, -0.2) is 13.4 Å². The van der Waals surface area contributed by atoms with Crippen LogP contribution in [0.1, 0.15) is 36.4 Å². The Bertz CT molecular complexity index is 845. The van der Waals surface area contributed by atoms with E-state index in [1.54, 1.807) is 0 Å². The molecular weight excluding hydrogens is 314 g/mol. The minimum atomic E-state index is 0.264. The molecule has 0 fully saturated rings. The zero-order valence-corrected chi connectivity index (χ0v) is 14.2. The second-order valence-electron chi connectivity index (χ2n) is 6.77. The molecule has 0 saturated carbocycles. The monoisotopic (exact) mass is 335 g/mol. The van der Waals surface area contributed by atoms with Crippen molar-refractivity contribution < 1.29 is 14.2 Å². The summed E-state index contributed by atoms with van der Waals surface area (Å²) in [6.45, 7) is 3.02. The number of hydrogen-bond donors (Lipinski definition) is 1. The Kier molecular flexibility index (Phi) is 3.37. The number of benzene rings is 2. The van der Waals surface area contributed by atoms with E-state index in [2.05, 4.69) is 41.7 Å². The molecule has 3 aliphatic rings. The fourth-order valence-corrected chi connectivity index (χ4v) is 4.27. The van der Waals surface area contributed by atoms with Crippen molar-refractivity contribution in [1.29, 1.82) is 0 Å². The van der Waals surface area contributed by atoms with E-state index < -0.39 is 0 Å². The Hall–Kier alpha value is -2.62. The molecule has 2 heterocycles. The highest BCUT2D eigenvalue weighted by Crippen LogP contribution is 2.51. The maximum Gasteiger partial charge on any atom is 0.231 e. The van der Waals surface area contributed by atoms with Crippen LogP contribution >= 0.6 is 0 Å². The molecule has 0 aromatic heterocycles. The van der Waals surface area contributed by atoms with Gasteiger partial charge >= 0.3 is 0 Å². The van der Waals surface area contributed by atoms with Gasteiger partial charge in [-0.2, -0.15) is 0 Å². The Balaban J connectivity index is 1.53. The minimum absolute atomic E-state index is 0.264. The number of fused-ring (bicyclic) bond motifs is 4. The van der Waals surface area contributed by atoms with E-state index in [1.807, 2.05) is 19.1 Å². The lowest BCUT2D eigenvalue weighted by Gasteiger charge is -2.37. The number of allylic oxidation sites excluding steroid dienone is 2. The van der Waals surface area contributed by atoms with Crippen molar-refractivity contribution in [2.24, 2.45) is 5.92 Å². The molecule has 0 bridgehead atoms. The van der Waals surface area contributed by atoms with Crippen LogP contribution in [0.5, 0.6) is 17.2 Å². The first-order valence-electron chi connectivity index (χ1n) is 8.93. The average molecular weight is 335 g/mol. The minimum Gasteiger partial charge on any atom is -0.494 e. The van der Waals surface area contributed by atoms with Crippen LogP contribution < -0.4 is 19.5 Å². The van der Waals surface area contributed by atoms with Gasteiger partial charge in [0.05, 0.1) is 12.6 Å². The van der Waals surface area contributed by atoms with Crippen molar-refractivity contribution in [3.63, 3.8) is 0 Å². The quantitative estimate of drug-likeness (QED) is 0.830. The molecular formula is C21H21NO3. The van der Waals surface area contributed by atoms with Crippen LogP contribution in [0.3, 0.4) is 0 Å². The summed E-state index contributed by atoms with van der Waals surface area (Å²) in [6.07, 6.45) is 5.73. The third kappa shape index (κ3) is 2.36. The van der Waals surface area contributed by atoms with Crippen molar-refractivity contribution >= 4 is 5.69 Å². The van der Waals surface area contributed by atoms with Gasteiger partial charge in [0.2, 0.25) is 6.79 Å². The highest BCUT2D eigenvalue weighted by Gasteiger charge is 2.38. The summed E-state index contributed by atoms with van der Waals surface area (Å²) in [6, 6.07) is 12.9. The molecule has 25 heavy (non-hydrogen) atoms. The number of anilines is 1. The van der Waals surface area contributed by atoms with Crippen LogP contribution in [0.2, 0.25) is 0 Å². The van der Waals surface area contributed by atoms with Crippen molar-refractivity contribution in [2.75, 3.05) is 18.7 Å². The molecule has 0 amide bonds. The first-order valence-corrected chi connectivity index (χ1v) is 8.93. The maximum atomic E-state index is 5.70. The van der Waals surface area contributed by atoms with E-state index in [4.69, 9.17) is 14.2 Å². The summed E-state index contributed by atoms with van der Waals surface area (Å²) < 4.78 is 16.7. The molecule has 2 aromatic carbocycles. The molecule has 1 aliphatic carbocycles. The third-order valence-corrected chi connectivity index (χ3v) is 5.40. The normalized spacial score (nSPS) is 25.2. The first kappa shape index (κ1) is 14.7. The molecule has 2 aromatic rings. The SMILES string of the molecule is CCOc1ccc2c(c1)[C@@H]1C=CC[C@@H]1[C@H](c1ccc3c(c1)OCO3)N2. The number of rotatable bonds is 3. The number of ether oxygens (including phenoxy) is 3. The average Bonchev–Trinajstić information content (AvgIpc) is 3.30. The standard InChI is InChI=1S/C21H21NO3/c1-2-23-14-7-8-18-17(11-14)15-4-3-5-16(15)21(22-18)13-6-9-19-20(10-13)25-12-24-19/h3-4,6-11,15-16,21-22H,2,5,12H2,1H3/t15-,16+,21+/m1/s1. The molecule has 0 saturated heterocycles. The van der Waals surface area contributed by atoms with Gasteiger partial charge in [-0.15, -0.1) is 0 Å². The summed E-state index contributed by atoms with van der Waals surface area (Å²) in [4.78, 5) is 0. The lowest BCUT2D eigenvalue weighted by atomic mass is 9.77. The van der Waals surface area contributed by atoms with Gasteiger partial charge in [-0.25, -0.2) is 0 Å². The Morgan fingerprint density at radius 2 is 2.04 bits per heavy atom.